The van der Waals surface area contributed by atoms with Gasteiger partial charge in [-0.05, 0) is 52.7 Å². The molecule has 0 aliphatic heterocycles. The van der Waals surface area contributed by atoms with E-state index in [4.69, 9.17) is 5.11 Å². The number of carbonyl (C=O) groups is 2. The second kappa shape index (κ2) is 5.83. The number of carbonyl (C=O) groups excluding carboxylic acids is 1. The second-order valence-electron chi connectivity index (χ2n) is 4.17. The SMILES string of the molecule is Cc1ccc(Br)c(NC(=O)c2ccnc(C(=O)O)c2)c1. The molecular formula is C14H11BrN2O3. The number of aryl methyl sites for hydroxylation is 1. The number of benzene rings is 1. The molecule has 0 atom stereocenters. The number of anilines is 1. The van der Waals surface area contributed by atoms with Crippen LogP contribution in [0.4, 0.5) is 5.69 Å². The molecule has 6 heteroatoms. The van der Waals surface area contributed by atoms with Crippen molar-refractivity contribution < 1.29 is 14.7 Å². The van der Waals surface area contributed by atoms with Crippen molar-refractivity contribution in [2.24, 2.45) is 0 Å². The van der Waals surface area contributed by atoms with Crippen LogP contribution in [-0.4, -0.2) is 22.0 Å². The third-order valence-electron chi connectivity index (χ3n) is 2.61. The summed E-state index contributed by atoms with van der Waals surface area (Å²) in [7, 11) is 0. The van der Waals surface area contributed by atoms with Crippen LogP contribution in [0, 0.1) is 6.92 Å². The Morgan fingerprint density at radius 1 is 1.25 bits per heavy atom. The van der Waals surface area contributed by atoms with Gasteiger partial charge in [-0.25, -0.2) is 9.78 Å². The molecule has 1 amide bonds. The molecule has 20 heavy (non-hydrogen) atoms. The van der Waals surface area contributed by atoms with Gasteiger partial charge in [-0.2, -0.15) is 0 Å². The lowest BCUT2D eigenvalue weighted by atomic mass is 10.2. The maximum Gasteiger partial charge on any atom is 0.354 e. The van der Waals surface area contributed by atoms with Gasteiger partial charge in [0.1, 0.15) is 5.69 Å². The summed E-state index contributed by atoms with van der Waals surface area (Å²) in [5.74, 6) is -1.56. The van der Waals surface area contributed by atoms with Crippen LogP contribution in [0.5, 0.6) is 0 Å². The van der Waals surface area contributed by atoms with Crippen LogP contribution in [0.1, 0.15) is 26.4 Å². The van der Waals surface area contributed by atoms with E-state index in [2.05, 4.69) is 26.2 Å². The van der Waals surface area contributed by atoms with E-state index in [1.807, 2.05) is 25.1 Å². The summed E-state index contributed by atoms with van der Waals surface area (Å²) in [5, 5.41) is 11.6. The zero-order valence-corrected chi connectivity index (χ0v) is 12.1. The summed E-state index contributed by atoms with van der Waals surface area (Å²) < 4.78 is 0.754. The fourth-order valence-electron chi connectivity index (χ4n) is 1.62. The highest BCUT2D eigenvalue weighted by Crippen LogP contribution is 2.23. The molecule has 0 radical (unpaired) electrons. The molecule has 0 saturated carbocycles. The van der Waals surface area contributed by atoms with E-state index in [1.54, 1.807) is 0 Å². The number of halogens is 1. The smallest absolute Gasteiger partial charge is 0.354 e. The van der Waals surface area contributed by atoms with Gasteiger partial charge in [0.05, 0.1) is 5.69 Å². The predicted molar refractivity (Wildman–Crippen MR) is 78.0 cm³/mol. The van der Waals surface area contributed by atoms with Gasteiger partial charge in [0.2, 0.25) is 0 Å². The highest BCUT2D eigenvalue weighted by molar-refractivity contribution is 9.10. The minimum atomic E-state index is -1.17. The Labute approximate surface area is 123 Å². The van der Waals surface area contributed by atoms with Gasteiger partial charge in [0, 0.05) is 16.2 Å². The van der Waals surface area contributed by atoms with E-state index >= 15 is 0 Å². The Balaban J connectivity index is 2.26. The van der Waals surface area contributed by atoms with Gasteiger partial charge in [-0.15, -0.1) is 0 Å². The number of amides is 1. The maximum absolute atomic E-state index is 12.1. The van der Waals surface area contributed by atoms with Gasteiger partial charge in [0.25, 0.3) is 5.91 Å². The van der Waals surface area contributed by atoms with Crippen LogP contribution in [0.3, 0.4) is 0 Å². The normalized spacial score (nSPS) is 10.1. The highest BCUT2D eigenvalue weighted by Gasteiger charge is 2.12. The monoisotopic (exact) mass is 334 g/mol. The first-order valence-electron chi connectivity index (χ1n) is 5.74. The van der Waals surface area contributed by atoms with Gasteiger partial charge in [-0.1, -0.05) is 6.07 Å². The summed E-state index contributed by atoms with van der Waals surface area (Å²) in [6.07, 6.45) is 1.30. The van der Waals surface area contributed by atoms with Crippen molar-refractivity contribution >= 4 is 33.5 Å². The molecule has 0 bridgehead atoms. The summed E-state index contributed by atoms with van der Waals surface area (Å²) in [6.45, 7) is 1.91. The molecule has 2 N–H and O–H groups in total. The van der Waals surface area contributed by atoms with E-state index < -0.39 is 5.97 Å². The van der Waals surface area contributed by atoms with Crippen molar-refractivity contribution in [3.63, 3.8) is 0 Å². The van der Waals surface area contributed by atoms with Gasteiger partial charge < -0.3 is 10.4 Å². The Hall–Kier alpha value is -2.21. The number of aromatic carboxylic acids is 1. The lowest BCUT2D eigenvalue weighted by Crippen LogP contribution is -2.14. The van der Waals surface area contributed by atoms with Crippen LogP contribution in [-0.2, 0) is 0 Å². The zero-order valence-electron chi connectivity index (χ0n) is 10.6. The molecule has 1 heterocycles. The minimum absolute atomic E-state index is 0.166. The van der Waals surface area contributed by atoms with E-state index in [-0.39, 0.29) is 17.2 Å². The second-order valence-corrected chi connectivity index (χ2v) is 5.03. The van der Waals surface area contributed by atoms with Crippen molar-refractivity contribution in [3.8, 4) is 0 Å². The van der Waals surface area contributed by atoms with E-state index in [0.717, 1.165) is 10.0 Å². The van der Waals surface area contributed by atoms with Crippen molar-refractivity contribution in [2.45, 2.75) is 6.92 Å². The Morgan fingerprint density at radius 2 is 2.00 bits per heavy atom. The standard InChI is InChI=1S/C14H11BrN2O3/c1-8-2-3-10(15)11(6-8)17-13(18)9-4-5-16-12(7-9)14(19)20/h2-7H,1H3,(H,17,18)(H,19,20). The fourth-order valence-corrected chi connectivity index (χ4v) is 1.96. The van der Waals surface area contributed by atoms with Crippen molar-refractivity contribution in [1.82, 2.24) is 4.98 Å². The average Bonchev–Trinajstić information content (AvgIpc) is 2.43. The molecule has 2 aromatic rings. The number of nitrogens with zero attached hydrogens (tertiary/aromatic N) is 1. The summed E-state index contributed by atoms with van der Waals surface area (Å²) >= 11 is 3.35. The largest absolute Gasteiger partial charge is 0.477 e. The van der Waals surface area contributed by atoms with E-state index in [1.165, 1.54) is 18.3 Å². The summed E-state index contributed by atoms with van der Waals surface area (Å²) in [6, 6.07) is 8.27. The molecule has 102 valence electrons. The third-order valence-corrected chi connectivity index (χ3v) is 3.30. The molecule has 0 aliphatic rings. The molecule has 1 aromatic heterocycles. The zero-order chi connectivity index (χ0) is 14.7. The number of aromatic nitrogens is 1. The number of carboxylic acid groups (broad SMARTS) is 1. The minimum Gasteiger partial charge on any atom is -0.477 e. The lowest BCUT2D eigenvalue weighted by Gasteiger charge is -2.08. The first-order chi connectivity index (χ1) is 9.47. The summed E-state index contributed by atoms with van der Waals surface area (Å²) in [5.41, 5.74) is 1.71. The quantitative estimate of drug-likeness (QED) is 0.903. The Morgan fingerprint density at radius 3 is 2.70 bits per heavy atom. The number of carboxylic acids is 1. The van der Waals surface area contributed by atoms with Crippen molar-refractivity contribution in [1.29, 1.82) is 0 Å². The van der Waals surface area contributed by atoms with Crippen LogP contribution in [0.25, 0.3) is 0 Å². The molecular weight excluding hydrogens is 324 g/mol. The molecule has 0 fully saturated rings. The molecule has 1 aromatic carbocycles. The van der Waals surface area contributed by atoms with Crippen LogP contribution in [0.15, 0.2) is 41.0 Å². The molecule has 2 rings (SSSR count). The number of hydrogen-bond donors (Lipinski definition) is 2. The molecule has 0 unspecified atom stereocenters. The van der Waals surface area contributed by atoms with Crippen LogP contribution < -0.4 is 5.32 Å². The highest BCUT2D eigenvalue weighted by atomic mass is 79.9. The van der Waals surface area contributed by atoms with Crippen molar-refractivity contribution in [2.75, 3.05) is 5.32 Å². The Kier molecular flexibility index (Phi) is 4.14. The average molecular weight is 335 g/mol. The molecule has 0 saturated heterocycles. The molecule has 0 spiro atoms. The van der Waals surface area contributed by atoms with E-state index in [0.29, 0.717) is 5.69 Å². The Bertz CT molecular complexity index is 686. The first-order valence-corrected chi connectivity index (χ1v) is 6.53. The van der Waals surface area contributed by atoms with Gasteiger partial charge in [0.15, 0.2) is 0 Å². The van der Waals surface area contributed by atoms with E-state index in [9.17, 15) is 9.59 Å². The third kappa shape index (κ3) is 3.21. The van der Waals surface area contributed by atoms with Crippen LogP contribution >= 0.6 is 15.9 Å². The number of nitrogens with one attached hydrogen (secondary N) is 1. The van der Waals surface area contributed by atoms with Gasteiger partial charge in [-0.3, -0.25) is 4.79 Å². The molecule has 0 aliphatic carbocycles. The lowest BCUT2D eigenvalue weighted by molar-refractivity contribution is 0.0690. The predicted octanol–water partition coefficient (Wildman–Crippen LogP) is 3.10. The van der Waals surface area contributed by atoms with Crippen molar-refractivity contribution in [3.05, 3.63) is 57.8 Å². The summed E-state index contributed by atoms with van der Waals surface area (Å²) in [4.78, 5) is 26.6. The van der Waals surface area contributed by atoms with Gasteiger partial charge >= 0.3 is 5.97 Å². The number of hydrogen-bond acceptors (Lipinski definition) is 3. The maximum atomic E-state index is 12.1. The number of rotatable bonds is 3. The number of pyridine rings is 1. The molecule has 5 nitrogen and oxygen atoms in total. The topological polar surface area (TPSA) is 79.3 Å². The first kappa shape index (κ1) is 14.2. The van der Waals surface area contributed by atoms with Crippen LogP contribution in [0.2, 0.25) is 0 Å². The fraction of sp³-hybridized carbons (Fsp3) is 0.0714.